The maximum Gasteiger partial charge on any atom is 0.336 e. The number of carbonyl (C=O) groups is 1. The van der Waals surface area contributed by atoms with Gasteiger partial charge in [0, 0.05) is 6.07 Å². The van der Waals surface area contributed by atoms with Crippen molar-refractivity contribution in [1.82, 2.24) is 5.32 Å². The highest BCUT2D eigenvalue weighted by Crippen LogP contribution is 2.30. The first kappa shape index (κ1) is 19.4. The van der Waals surface area contributed by atoms with Gasteiger partial charge in [0.15, 0.2) is 6.10 Å². The van der Waals surface area contributed by atoms with Crippen LogP contribution in [0.15, 0.2) is 27.4 Å². The van der Waals surface area contributed by atoms with Crippen LogP contribution in [0.3, 0.4) is 0 Å². The molecule has 0 saturated carbocycles. The maximum absolute atomic E-state index is 12.4. The van der Waals surface area contributed by atoms with E-state index in [1.165, 1.54) is 11.0 Å². The van der Waals surface area contributed by atoms with Crippen molar-refractivity contribution >= 4 is 16.9 Å². The summed E-state index contributed by atoms with van der Waals surface area (Å²) in [6.45, 7) is 10.4. The molecule has 1 amide bonds. The van der Waals surface area contributed by atoms with Crippen LogP contribution >= 0.6 is 0 Å². The quantitative estimate of drug-likeness (QED) is 0.706. The number of hydrogen-bond donors (Lipinski definition) is 2. The summed E-state index contributed by atoms with van der Waals surface area (Å²) in [6.07, 6.45) is -0.652. The molecule has 1 aliphatic heterocycles. The second kappa shape index (κ2) is 8.54. The van der Waals surface area contributed by atoms with Crippen LogP contribution < -0.4 is 20.6 Å². The minimum absolute atomic E-state index is 0.160. The van der Waals surface area contributed by atoms with Gasteiger partial charge in [0.1, 0.15) is 24.4 Å². The summed E-state index contributed by atoms with van der Waals surface area (Å²) in [4.78, 5) is 25.5. The summed E-state index contributed by atoms with van der Waals surface area (Å²) in [5.41, 5.74) is 1.74. The molecule has 3 rings (SSSR count). The van der Waals surface area contributed by atoms with E-state index >= 15 is 0 Å². The Bertz CT molecular complexity index is 871. The minimum atomic E-state index is -0.652. The molecule has 0 radical (unpaired) electrons. The molecule has 2 aromatic rings. The number of aryl methyl sites for hydroxylation is 2. The number of benzene rings is 1. The van der Waals surface area contributed by atoms with Crippen molar-refractivity contribution in [3.63, 3.8) is 0 Å². The predicted octanol–water partition coefficient (Wildman–Crippen LogP) is 0.208. The van der Waals surface area contributed by atoms with Crippen molar-refractivity contribution in [3.05, 3.63) is 39.7 Å². The minimum Gasteiger partial charge on any atom is -0.480 e. The first-order chi connectivity index (χ1) is 12.9. The number of amides is 1. The highest BCUT2D eigenvalue weighted by atomic mass is 16.5. The second-order valence-electron chi connectivity index (χ2n) is 7.05. The molecule has 0 bridgehead atoms. The largest absolute Gasteiger partial charge is 0.480 e. The van der Waals surface area contributed by atoms with Crippen molar-refractivity contribution in [3.8, 4) is 5.75 Å². The summed E-state index contributed by atoms with van der Waals surface area (Å²) in [5.74, 6) is 0.389. The number of nitrogens with one attached hydrogen (secondary N) is 2. The van der Waals surface area contributed by atoms with Gasteiger partial charge < -0.3 is 24.1 Å². The molecule has 1 aromatic heterocycles. The summed E-state index contributed by atoms with van der Waals surface area (Å²) in [7, 11) is 0. The molecule has 1 fully saturated rings. The Kier molecular flexibility index (Phi) is 6.13. The second-order valence-corrected chi connectivity index (χ2v) is 7.05. The Morgan fingerprint density at radius 3 is 2.74 bits per heavy atom. The third-order valence-electron chi connectivity index (χ3n) is 4.80. The predicted molar refractivity (Wildman–Crippen MR) is 101 cm³/mol. The number of ether oxygens (including phenoxy) is 2. The summed E-state index contributed by atoms with van der Waals surface area (Å²) < 4.78 is 16.6. The molecule has 1 aliphatic rings. The molecule has 1 aromatic carbocycles. The Balaban J connectivity index is 1.65. The maximum atomic E-state index is 12.4. The molecule has 0 spiro atoms. The first-order valence-corrected chi connectivity index (χ1v) is 9.35. The van der Waals surface area contributed by atoms with Crippen LogP contribution in [-0.4, -0.2) is 51.4 Å². The van der Waals surface area contributed by atoms with E-state index in [0.29, 0.717) is 17.9 Å². The molecule has 27 heavy (non-hydrogen) atoms. The first-order valence-electron chi connectivity index (χ1n) is 9.35. The fourth-order valence-electron chi connectivity index (χ4n) is 3.33. The topological polar surface area (TPSA) is 82.2 Å². The number of rotatable bonds is 6. The van der Waals surface area contributed by atoms with E-state index < -0.39 is 11.7 Å². The van der Waals surface area contributed by atoms with Crippen LogP contribution in [0.4, 0.5) is 0 Å². The van der Waals surface area contributed by atoms with Crippen LogP contribution in [0.2, 0.25) is 0 Å². The van der Waals surface area contributed by atoms with Crippen LogP contribution in [0.25, 0.3) is 11.0 Å². The van der Waals surface area contributed by atoms with E-state index in [9.17, 15) is 9.59 Å². The lowest BCUT2D eigenvalue weighted by atomic mass is 10.1. The van der Waals surface area contributed by atoms with Gasteiger partial charge in [-0.3, -0.25) is 4.79 Å². The normalized spacial score (nSPS) is 16.3. The van der Waals surface area contributed by atoms with E-state index in [1.807, 2.05) is 19.9 Å². The third-order valence-corrected chi connectivity index (χ3v) is 4.80. The molecular weight excluding hydrogens is 348 g/mol. The lowest BCUT2D eigenvalue weighted by Gasteiger charge is -2.24. The van der Waals surface area contributed by atoms with Crippen molar-refractivity contribution in [2.45, 2.75) is 26.9 Å². The van der Waals surface area contributed by atoms with Gasteiger partial charge in [-0.25, -0.2) is 4.79 Å². The summed E-state index contributed by atoms with van der Waals surface area (Å²) >= 11 is 0. The van der Waals surface area contributed by atoms with Crippen molar-refractivity contribution in [2.24, 2.45) is 0 Å². The summed E-state index contributed by atoms with van der Waals surface area (Å²) in [6, 6.07) is 5.09. The fourth-order valence-corrected chi connectivity index (χ4v) is 3.33. The Morgan fingerprint density at radius 2 is 2.00 bits per heavy atom. The smallest absolute Gasteiger partial charge is 0.336 e. The number of carbonyl (C=O) groups excluding carboxylic acids is 1. The van der Waals surface area contributed by atoms with Gasteiger partial charge in [-0.05, 0) is 44.0 Å². The van der Waals surface area contributed by atoms with Crippen LogP contribution in [0, 0.1) is 13.8 Å². The Morgan fingerprint density at radius 1 is 1.26 bits per heavy atom. The zero-order valence-corrected chi connectivity index (χ0v) is 16.1. The molecular formula is C20H27N2O5+. The lowest BCUT2D eigenvalue weighted by molar-refractivity contribution is -0.906. The molecule has 2 heterocycles. The standard InChI is InChI=1S/C20H26N2O5/c1-13-10-16(19-14(2)12-18(23)27-17(19)11-13)26-15(3)20(24)21-4-5-22-6-8-25-9-7-22/h10-12,15H,4-9H2,1-3H3,(H,21,24)/p+1/t15-/m1/s1. The monoisotopic (exact) mass is 375 g/mol. The van der Waals surface area contributed by atoms with Crippen molar-refractivity contribution in [1.29, 1.82) is 0 Å². The van der Waals surface area contributed by atoms with Crippen LogP contribution in [0.5, 0.6) is 5.75 Å². The van der Waals surface area contributed by atoms with E-state index in [0.717, 1.165) is 49.4 Å². The Hall–Kier alpha value is -2.38. The van der Waals surface area contributed by atoms with E-state index in [-0.39, 0.29) is 5.91 Å². The SMILES string of the molecule is Cc1cc(O[C@H](C)C(=O)NCC[NH+]2CCOCC2)c2c(C)cc(=O)oc2c1. The van der Waals surface area contributed by atoms with Crippen molar-refractivity contribution < 1.29 is 23.6 Å². The van der Waals surface area contributed by atoms with Gasteiger partial charge in [-0.15, -0.1) is 0 Å². The third kappa shape index (κ3) is 4.87. The molecule has 146 valence electrons. The van der Waals surface area contributed by atoms with Crippen LogP contribution in [0.1, 0.15) is 18.1 Å². The molecule has 0 aliphatic carbocycles. The molecule has 7 nitrogen and oxygen atoms in total. The van der Waals surface area contributed by atoms with E-state index in [2.05, 4.69) is 5.32 Å². The van der Waals surface area contributed by atoms with E-state index in [1.54, 1.807) is 13.0 Å². The number of hydrogen-bond acceptors (Lipinski definition) is 5. The lowest BCUT2D eigenvalue weighted by Crippen LogP contribution is -3.14. The zero-order chi connectivity index (χ0) is 19.4. The van der Waals surface area contributed by atoms with Crippen molar-refractivity contribution in [2.75, 3.05) is 39.4 Å². The highest BCUT2D eigenvalue weighted by Gasteiger charge is 2.19. The van der Waals surface area contributed by atoms with Gasteiger partial charge >= 0.3 is 5.63 Å². The fraction of sp³-hybridized carbons (Fsp3) is 0.500. The van der Waals surface area contributed by atoms with Gasteiger partial charge in [0.05, 0.1) is 31.7 Å². The molecule has 7 heteroatoms. The van der Waals surface area contributed by atoms with Gasteiger partial charge in [0.2, 0.25) is 0 Å². The van der Waals surface area contributed by atoms with Gasteiger partial charge in [-0.1, -0.05) is 0 Å². The average Bonchev–Trinajstić information content (AvgIpc) is 2.61. The molecule has 1 atom stereocenters. The van der Waals surface area contributed by atoms with Crippen LogP contribution in [-0.2, 0) is 9.53 Å². The van der Waals surface area contributed by atoms with E-state index in [4.69, 9.17) is 13.9 Å². The molecule has 2 N–H and O–H groups in total. The van der Waals surface area contributed by atoms with Gasteiger partial charge in [0.25, 0.3) is 5.91 Å². The van der Waals surface area contributed by atoms with Gasteiger partial charge in [-0.2, -0.15) is 0 Å². The number of quaternary nitrogens is 1. The average molecular weight is 375 g/mol. The Labute approximate surface area is 158 Å². The number of morpholine rings is 1. The highest BCUT2D eigenvalue weighted by molar-refractivity contribution is 5.88. The molecule has 0 unspecified atom stereocenters. The molecule has 1 saturated heterocycles. The zero-order valence-electron chi connectivity index (χ0n) is 16.1. The summed E-state index contributed by atoms with van der Waals surface area (Å²) in [5, 5.41) is 3.66. The number of fused-ring (bicyclic) bond motifs is 1.